The van der Waals surface area contributed by atoms with Crippen LogP contribution in [0.2, 0.25) is 5.02 Å². The van der Waals surface area contributed by atoms with Crippen molar-refractivity contribution in [2.24, 2.45) is 5.92 Å². The van der Waals surface area contributed by atoms with Gasteiger partial charge in [-0.3, -0.25) is 4.98 Å². The van der Waals surface area contributed by atoms with E-state index in [1.165, 1.54) is 0 Å². The second-order valence-corrected chi connectivity index (χ2v) is 9.52. The number of benzene rings is 2. The highest BCUT2D eigenvalue weighted by atomic mass is 35.5. The van der Waals surface area contributed by atoms with E-state index in [0.29, 0.717) is 18.2 Å². The van der Waals surface area contributed by atoms with Crippen molar-refractivity contribution in [3.8, 4) is 11.1 Å². The molecule has 1 aliphatic heterocycles. The lowest BCUT2D eigenvalue weighted by Crippen LogP contribution is -2.36. The van der Waals surface area contributed by atoms with E-state index in [1.807, 2.05) is 30.3 Å². The Kier molecular flexibility index (Phi) is 6.49. The highest BCUT2D eigenvalue weighted by molar-refractivity contribution is 7.89. The van der Waals surface area contributed by atoms with Crippen LogP contribution in [0.3, 0.4) is 0 Å². The van der Waals surface area contributed by atoms with Gasteiger partial charge in [0.05, 0.1) is 10.9 Å². The summed E-state index contributed by atoms with van der Waals surface area (Å²) < 4.78 is 35.0. The lowest BCUT2D eigenvalue weighted by atomic mass is 9.88. The number of rotatable bonds is 6. The van der Waals surface area contributed by atoms with Crippen molar-refractivity contribution in [3.63, 3.8) is 0 Å². The van der Waals surface area contributed by atoms with E-state index in [4.69, 9.17) is 16.3 Å². The molecular weight excluding hydrogens is 420 g/mol. The number of hydrogen-bond acceptors (Lipinski definition) is 4. The smallest absolute Gasteiger partial charge is 0.241 e. The predicted octanol–water partition coefficient (Wildman–Crippen LogP) is 4.85. The summed E-state index contributed by atoms with van der Waals surface area (Å²) in [5.41, 5.74) is 2.59. The molecule has 1 saturated heterocycles. The SMILES string of the molecule is O=S(=O)(NC(c1cccnc1)C1CCOCC1)c1cccc(-c2ccc(Cl)cc2)c1. The number of sulfonamides is 1. The summed E-state index contributed by atoms with van der Waals surface area (Å²) in [6.07, 6.45) is 5.02. The molecule has 0 amide bonds. The Morgan fingerprint density at radius 1 is 1.00 bits per heavy atom. The maximum atomic E-state index is 13.3. The van der Waals surface area contributed by atoms with Gasteiger partial charge in [0.25, 0.3) is 0 Å². The van der Waals surface area contributed by atoms with Crippen molar-refractivity contribution in [1.29, 1.82) is 0 Å². The number of halogens is 1. The molecule has 4 rings (SSSR count). The Morgan fingerprint density at radius 3 is 2.47 bits per heavy atom. The zero-order valence-corrected chi connectivity index (χ0v) is 17.9. The molecule has 0 aliphatic carbocycles. The summed E-state index contributed by atoms with van der Waals surface area (Å²) in [7, 11) is -3.74. The first kappa shape index (κ1) is 21.0. The predicted molar refractivity (Wildman–Crippen MR) is 118 cm³/mol. The van der Waals surface area contributed by atoms with E-state index >= 15 is 0 Å². The van der Waals surface area contributed by atoms with Crippen LogP contribution in [0.4, 0.5) is 0 Å². The van der Waals surface area contributed by atoms with Crippen LogP contribution in [0.5, 0.6) is 0 Å². The standard InChI is InChI=1S/C23H23ClN2O3S/c24-21-8-6-17(7-9-21)19-3-1-5-22(15-19)30(27,28)26-23(18-10-13-29-14-11-18)20-4-2-12-25-16-20/h1-9,12,15-16,18,23,26H,10-11,13-14H2. The third-order valence-corrected chi connectivity index (χ3v) is 7.08. The average molecular weight is 443 g/mol. The van der Waals surface area contributed by atoms with Crippen LogP contribution in [0, 0.1) is 5.92 Å². The van der Waals surface area contributed by atoms with Crippen molar-refractivity contribution in [2.45, 2.75) is 23.8 Å². The number of nitrogens with one attached hydrogen (secondary N) is 1. The van der Waals surface area contributed by atoms with Gasteiger partial charge >= 0.3 is 0 Å². The molecule has 156 valence electrons. The molecule has 1 N–H and O–H groups in total. The molecule has 0 saturated carbocycles. The Balaban J connectivity index is 1.64. The first-order valence-corrected chi connectivity index (χ1v) is 11.7. The molecule has 1 unspecified atom stereocenters. The lowest BCUT2D eigenvalue weighted by Gasteiger charge is -2.31. The third kappa shape index (κ3) is 4.90. The van der Waals surface area contributed by atoms with Crippen molar-refractivity contribution >= 4 is 21.6 Å². The molecule has 2 heterocycles. The van der Waals surface area contributed by atoms with Crippen LogP contribution in [-0.2, 0) is 14.8 Å². The summed E-state index contributed by atoms with van der Waals surface area (Å²) in [5.74, 6) is 0.150. The van der Waals surface area contributed by atoms with Crippen LogP contribution in [0.15, 0.2) is 78.0 Å². The van der Waals surface area contributed by atoms with Crippen LogP contribution in [-0.4, -0.2) is 26.6 Å². The second kappa shape index (κ2) is 9.27. The molecule has 1 aromatic heterocycles. The van der Waals surface area contributed by atoms with Crippen LogP contribution >= 0.6 is 11.6 Å². The van der Waals surface area contributed by atoms with Crippen molar-refractivity contribution in [3.05, 3.63) is 83.6 Å². The number of ether oxygens (including phenoxy) is 1. The first-order chi connectivity index (χ1) is 14.5. The number of nitrogens with zero attached hydrogens (tertiary/aromatic N) is 1. The monoisotopic (exact) mass is 442 g/mol. The first-order valence-electron chi connectivity index (χ1n) is 9.89. The summed E-state index contributed by atoms with van der Waals surface area (Å²) in [6, 6.07) is 17.7. The normalized spacial score (nSPS) is 16.3. The molecule has 0 radical (unpaired) electrons. The number of pyridine rings is 1. The highest BCUT2D eigenvalue weighted by Gasteiger charge is 2.30. The Labute approximate surface area is 182 Å². The van der Waals surface area contributed by atoms with Gasteiger partial charge < -0.3 is 4.74 Å². The molecule has 1 fully saturated rings. The van der Waals surface area contributed by atoms with Gasteiger partial charge in [0.2, 0.25) is 10.0 Å². The average Bonchev–Trinajstić information content (AvgIpc) is 2.79. The van der Waals surface area contributed by atoms with E-state index in [9.17, 15) is 8.42 Å². The maximum Gasteiger partial charge on any atom is 0.241 e. The number of aromatic nitrogens is 1. The van der Waals surface area contributed by atoms with E-state index in [0.717, 1.165) is 29.5 Å². The molecule has 5 nitrogen and oxygen atoms in total. The van der Waals surface area contributed by atoms with Crippen LogP contribution < -0.4 is 4.72 Å². The molecule has 0 bridgehead atoms. The zero-order chi connectivity index (χ0) is 21.0. The Hall–Kier alpha value is -2.25. The fourth-order valence-electron chi connectivity index (χ4n) is 3.77. The van der Waals surface area contributed by atoms with Crippen molar-refractivity contribution in [2.75, 3.05) is 13.2 Å². The fraction of sp³-hybridized carbons (Fsp3) is 0.261. The van der Waals surface area contributed by atoms with Gasteiger partial charge in [-0.05, 0) is 65.8 Å². The van der Waals surface area contributed by atoms with Gasteiger partial charge in [0.15, 0.2) is 0 Å². The van der Waals surface area contributed by atoms with Crippen LogP contribution in [0.1, 0.15) is 24.4 Å². The van der Waals surface area contributed by atoms with Gasteiger partial charge in [-0.1, -0.05) is 41.9 Å². The fourth-order valence-corrected chi connectivity index (χ4v) is 5.23. The molecule has 2 aromatic carbocycles. The zero-order valence-electron chi connectivity index (χ0n) is 16.4. The molecule has 1 atom stereocenters. The molecule has 1 aliphatic rings. The summed E-state index contributed by atoms with van der Waals surface area (Å²) in [5, 5.41) is 0.639. The Morgan fingerprint density at radius 2 is 1.77 bits per heavy atom. The molecule has 3 aromatic rings. The lowest BCUT2D eigenvalue weighted by molar-refractivity contribution is 0.0564. The molecule has 7 heteroatoms. The quantitative estimate of drug-likeness (QED) is 0.592. The summed E-state index contributed by atoms with van der Waals surface area (Å²) in [4.78, 5) is 4.42. The largest absolute Gasteiger partial charge is 0.381 e. The minimum atomic E-state index is -3.74. The van der Waals surface area contributed by atoms with Gasteiger partial charge in [0.1, 0.15) is 0 Å². The van der Waals surface area contributed by atoms with Crippen LogP contribution in [0.25, 0.3) is 11.1 Å². The summed E-state index contributed by atoms with van der Waals surface area (Å²) >= 11 is 5.97. The Bertz CT molecular complexity index is 1080. The van der Waals surface area contributed by atoms with Gasteiger partial charge in [0, 0.05) is 30.6 Å². The van der Waals surface area contributed by atoms with E-state index in [-0.39, 0.29) is 16.9 Å². The topological polar surface area (TPSA) is 68.3 Å². The third-order valence-electron chi connectivity index (χ3n) is 5.38. The molecular formula is C23H23ClN2O3S. The highest BCUT2D eigenvalue weighted by Crippen LogP contribution is 2.32. The summed E-state index contributed by atoms with van der Waals surface area (Å²) in [6.45, 7) is 1.27. The maximum absolute atomic E-state index is 13.3. The van der Waals surface area contributed by atoms with Crippen molar-refractivity contribution < 1.29 is 13.2 Å². The van der Waals surface area contributed by atoms with Gasteiger partial charge in [-0.15, -0.1) is 0 Å². The van der Waals surface area contributed by atoms with Crippen molar-refractivity contribution in [1.82, 2.24) is 9.71 Å². The van der Waals surface area contributed by atoms with Gasteiger partial charge in [-0.25, -0.2) is 13.1 Å². The molecule has 0 spiro atoms. The molecule has 30 heavy (non-hydrogen) atoms. The van der Waals surface area contributed by atoms with E-state index in [1.54, 1.807) is 42.7 Å². The van der Waals surface area contributed by atoms with E-state index in [2.05, 4.69) is 9.71 Å². The number of hydrogen-bond donors (Lipinski definition) is 1. The van der Waals surface area contributed by atoms with E-state index < -0.39 is 10.0 Å². The minimum absolute atomic E-state index is 0.150. The van der Waals surface area contributed by atoms with Gasteiger partial charge in [-0.2, -0.15) is 0 Å². The second-order valence-electron chi connectivity index (χ2n) is 7.37. The minimum Gasteiger partial charge on any atom is -0.381 e.